The number of benzene rings is 1. The fourth-order valence-electron chi connectivity index (χ4n) is 13.0. The van der Waals surface area contributed by atoms with E-state index < -0.39 is 0 Å². The van der Waals surface area contributed by atoms with E-state index in [1.54, 1.807) is 11.6 Å². The summed E-state index contributed by atoms with van der Waals surface area (Å²) in [5, 5.41) is 14.9. The number of carbonyl (C=O) groups excluding carboxylic acids is 1. The van der Waals surface area contributed by atoms with E-state index in [9.17, 15) is 9.50 Å². The van der Waals surface area contributed by atoms with Crippen LogP contribution in [0.4, 0.5) is 10.1 Å². The van der Waals surface area contributed by atoms with E-state index in [2.05, 4.69) is 69.7 Å². The molecule has 1 amide bonds. The molecule has 10 atom stereocenters. The lowest BCUT2D eigenvalue weighted by molar-refractivity contribution is -0.205. The van der Waals surface area contributed by atoms with Gasteiger partial charge in [0.2, 0.25) is 5.91 Å². The minimum atomic E-state index is -0.332. The van der Waals surface area contributed by atoms with Crippen LogP contribution in [-0.2, 0) is 4.79 Å². The van der Waals surface area contributed by atoms with Crippen LogP contribution < -0.4 is 5.32 Å². The van der Waals surface area contributed by atoms with E-state index in [-0.39, 0.29) is 44.9 Å². The van der Waals surface area contributed by atoms with Crippen LogP contribution in [0.1, 0.15) is 106 Å². The number of aliphatic hydroxyl groups is 1. The lowest BCUT2D eigenvalue weighted by Crippen LogP contribution is -2.66. The highest BCUT2D eigenvalue weighted by Gasteiger charge is 2.69. The van der Waals surface area contributed by atoms with Gasteiger partial charge in [-0.05, 0) is 139 Å². The molecule has 7 heteroatoms. The molecular formula is C41H60FN3O2S. The maximum absolute atomic E-state index is 15.0. The molecule has 7 rings (SSSR count). The van der Waals surface area contributed by atoms with E-state index in [1.807, 2.05) is 6.07 Å². The number of halogens is 1. The van der Waals surface area contributed by atoms with Crippen LogP contribution in [0.25, 0.3) is 0 Å². The summed E-state index contributed by atoms with van der Waals surface area (Å²) in [5.74, 6) is 2.58. The molecule has 1 aliphatic heterocycles. The van der Waals surface area contributed by atoms with Gasteiger partial charge in [0.25, 0.3) is 0 Å². The van der Waals surface area contributed by atoms with Crippen molar-refractivity contribution in [2.45, 2.75) is 112 Å². The summed E-state index contributed by atoms with van der Waals surface area (Å²) in [6, 6.07) is 6.40. The molecule has 1 heterocycles. The Morgan fingerprint density at radius 3 is 2.33 bits per heavy atom. The zero-order valence-corrected chi connectivity index (χ0v) is 31.4. The van der Waals surface area contributed by atoms with E-state index >= 15 is 4.79 Å². The first-order valence-electron chi connectivity index (χ1n) is 19.1. The van der Waals surface area contributed by atoms with Crippen molar-refractivity contribution in [1.29, 1.82) is 0 Å². The number of piperazine rings is 1. The van der Waals surface area contributed by atoms with Gasteiger partial charge in [-0.1, -0.05) is 66.2 Å². The summed E-state index contributed by atoms with van der Waals surface area (Å²) in [7, 11) is 0. The number of nitrogens with one attached hydrogen (secondary N) is 1. The number of aliphatic hydroxyl groups excluding tert-OH is 1. The second kappa shape index (κ2) is 11.8. The number of amides is 1. The molecule has 48 heavy (non-hydrogen) atoms. The van der Waals surface area contributed by atoms with E-state index in [4.69, 9.17) is 12.2 Å². The molecule has 2 N–H and O–H groups in total. The van der Waals surface area contributed by atoms with Gasteiger partial charge in [0.05, 0.1) is 11.5 Å². The zero-order chi connectivity index (χ0) is 34.4. The summed E-state index contributed by atoms with van der Waals surface area (Å²) < 4.78 is 13.8. The molecule has 0 aromatic heterocycles. The third-order valence-electron chi connectivity index (χ3n) is 16.3. The average Bonchev–Trinajstić information content (AvgIpc) is 3.05. The van der Waals surface area contributed by atoms with Gasteiger partial charge in [-0.25, -0.2) is 4.39 Å². The van der Waals surface area contributed by atoms with Crippen LogP contribution in [-0.4, -0.2) is 58.2 Å². The topological polar surface area (TPSA) is 55.8 Å². The molecule has 0 unspecified atom stereocenters. The van der Waals surface area contributed by atoms with Gasteiger partial charge < -0.3 is 20.2 Å². The summed E-state index contributed by atoms with van der Waals surface area (Å²) >= 11 is 5.71. The Morgan fingerprint density at radius 1 is 0.917 bits per heavy atom. The van der Waals surface area contributed by atoms with Crippen molar-refractivity contribution in [3.8, 4) is 0 Å². The molecule has 1 aromatic rings. The lowest BCUT2D eigenvalue weighted by atomic mass is 9.33. The Balaban J connectivity index is 1.15. The van der Waals surface area contributed by atoms with Crippen LogP contribution >= 0.6 is 12.2 Å². The number of hydrogen-bond donors (Lipinski definition) is 2. The van der Waals surface area contributed by atoms with Gasteiger partial charge in [0, 0.05) is 31.9 Å². The van der Waals surface area contributed by atoms with Crippen LogP contribution in [0.15, 0.2) is 35.9 Å². The molecular weight excluding hydrogens is 618 g/mol. The minimum absolute atomic E-state index is 0.0516. The average molecular weight is 678 g/mol. The largest absolute Gasteiger partial charge is 0.393 e. The van der Waals surface area contributed by atoms with Crippen molar-refractivity contribution in [2.24, 2.45) is 56.7 Å². The predicted molar refractivity (Wildman–Crippen MR) is 196 cm³/mol. The Bertz CT molecular complexity index is 1490. The third-order valence-corrected chi connectivity index (χ3v) is 16.7. The number of hydrogen-bond acceptors (Lipinski definition) is 3. The van der Waals surface area contributed by atoms with Crippen molar-refractivity contribution < 1.29 is 14.3 Å². The number of fused-ring (bicyclic) bond motifs is 7. The standard InChI is InChI=1S/C41H60FN3O2S/c1-26-13-18-41(35(47)44-21-23-45(24-22-44)36(48)43-29-10-8-9-28(42)25-29)20-19-39(6)30(34(41)27(26)2)11-12-32-38(5)16-15-33(46)37(3,4)31(38)14-17-40(32,39)7/h8-11,25-27,31-34,46H,12-24H2,1-7H3,(H,43,48)/t26-,27+,31+,32-,33+,34+,38+,39-,40-,41+/m1/s1. The maximum atomic E-state index is 15.0. The summed E-state index contributed by atoms with van der Waals surface area (Å²) in [6.45, 7) is 20.0. The number of anilines is 1. The summed E-state index contributed by atoms with van der Waals surface area (Å²) in [5.41, 5.74) is 2.38. The molecule has 0 radical (unpaired) electrons. The van der Waals surface area contributed by atoms with Crippen molar-refractivity contribution >= 4 is 28.9 Å². The van der Waals surface area contributed by atoms with Crippen molar-refractivity contribution in [2.75, 3.05) is 31.5 Å². The molecule has 0 spiro atoms. The molecule has 5 nitrogen and oxygen atoms in total. The van der Waals surface area contributed by atoms with Gasteiger partial charge >= 0.3 is 0 Å². The highest BCUT2D eigenvalue weighted by Crippen LogP contribution is 2.75. The molecule has 5 fully saturated rings. The second-order valence-electron chi connectivity index (χ2n) is 18.4. The normalized spacial score (nSPS) is 43.6. The molecule has 6 aliphatic rings. The monoisotopic (exact) mass is 677 g/mol. The number of allylic oxidation sites excluding steroid dienone is 2. The fourth-order valence-corrected chi connectivity index (χ4v) is 13.3. The smallest absolute Gasteiger partial charge is 0.229 e. The van der Waals surface area contributed by atoms with Gasteiger partial charge in [0.1, 0.15) is 5.82 Å². The zero-order valence-electron chi connectivity index (χ0n) is 30.6. The van der Waals surface area contributed by atoms with Crippen molar-refractivity contribution in [1.82, 2.24) is 9.80 Å². The Labute approximate surface area is 294 Å². The highest BCUT2D eigenvalue weighted by atomic mass is 32.1. The van der Waals surface area contributed by atoms with Gasteiger partial charge in [-0.3, -0.25) is 4.79 Å². The summed E-state index contributed by atoms with van der Waals surface area (Å²) in [4.78, 5) is 19.3. The van der Waals surface area contributed by atoms with E-state index in [0.29, 0.717) is 66.6 Å². The van der Waals surface area contributed by atoms with Crippen molar-refractivity contribution in [3.05, 3.63) is 41.7 Å². The Morgan fingerprint density at radius 2 is 1.62 bits per heavy atom. The first-order valence-corrected chi connectivity index (χ1v) is 19.5. The molecule has 4 saturated carbocycles. The SMILES string of the molecule is C[C@H]1[C@H](C)CC[C@]2(C(=O)N3CCN(C(=S)Nc4cccc(F)c4)CC3)CC[C@]3(C)C(=CC[C@@H]4[C@@]5(C)CC[C@H](O)C(C)(C)[C@@H]5CC[C@]43C)[C@H]12. The van der Waals surface area contributed by atoms with Crippen LogP contribution in [0.5, 0.6) is 0 Å². The van der Waals surface area contributed by atoms with Crippen molar-refractivity contribution in [3.63, 3.8) is 0 Å². The third kappa shape index (κ3) is 4.89. The first-order chi connectivity index (χ1) is 22.6. The van der Waals surface area contributed by atoms with Crippen LogP contribution in [0.3, 0.4) is 0 Å². The van der Waals surface area contributed by atoms with Gasteiger partial charge in [0.15, 0.2) is 5.11 Å². The molecule has 5 aliphatic carbocycles. The molecule has 1 aromatic carbocycles. The number of carbonyl (C=O) groups is 1. The summed E-state index contributed by atoms with van der Waals surface area (Å²) in [6.07, 6.45) is 12.2. The second-order valence-corrected chi connectivity index (χ2v) is 18.8. The van der Waals surface area contributed by atoms with Crippen LogP contribution in [0.2, 0.25) is 0 Å². The number of rotatable bonds is 2. The number of nitrogens with zero attached hydrogens (tertiary/aromatic N) is 2. The lowest BCUT2D eigenvalue weighted by Gasteiger charge is -2.71. The Kier molecular flexibility index (Phi) is 8.46. The Hall–Kier alpha value is -1.99. The van der Waals surface area contributed by atoms with Gasteiger partial charge in [-0.15, -0.1) is 0 Å². The minimum Gasteiger partial charge on any atom is -0.393 e. The van der Waals surface area contributed by atoms with E-state index in [1.165, 1.54) is 25.0 Å². The molecule has 1 saturated heterocycles. The predicted octanol–water partition coefficient (Wildman–Crippen LogP) is 8.69. The quantitative estimate of drug-likeness (QED) is 0.242. The fraction of sp³-hybridized carbons (Fsp3) is 0.756. The van der Waals surface area contributed by atoms with Gasteiger partial charge in [-0.2, -0.15) is 0 Å². The first kappa shape index (κ1) is 34.5. The molecule has 264 valence electrons. The molecule has 0 bridgehead atoms. The highest BCUT2D eigenvalue weighted by molar-refractivity contribution is 7.80. The van der Waals surface area contributed by atoms with Crippen LogP contribution in [0, 0.1) is 62.5 Å². The maximum Gasteiger partial charge on any atom is 0.229 e. The number of thiocarbonyl (C=S) groups is 1. The van der Waals surface area contributed by atoms with E-state index in [0.717, 1.165) is 44.9 Å².